The molecule has 4 aromatic rings. The second kappa shape index (κ2) is 7.82. The fraction of sp³-hybridized carbons (Fsp3) is 0.190. The van der Waals surface area contributed by atoms with Gasteiger partial charge in [0.05, 0.1) is 18.7 Å². The number of nitrogens with zero attached hydrogens (tertiary/aromatic N) is 2. The number of aromatic amines is 1. The van der Waals surface area contributed by atoms with E-state index < -0.39 is 5.97 Å². The predicted octanol–water partition coefficient (Wildman–Crippen LogP) is 4.24. The third-order valence-corrected chi connectivity index (χ3v) is 5.55. The highest BCUT2D eigenvalue weighted by Crippen LogP contribution is 2.28. The van der Waals surface area contributed by atoms with Gasteiger partial charge in [0.15, 0.2) is 0 Å². The van der Waals surface area contributed by atoms with Crippen molar-refractivity contribution in [2.45, 2.75) is 19.8 Å². The minimum absolute atomic E-state index is 0.0153. The Kier molecular flexibility index (Phi) is 5.08. The highest BCUT2D eigenvalue weighted by atomic mass is 32.1. The summed E-state index contributed by atoms with van der Waals surface area (Å²) >= 11 is 1.66. The molecule has 142 valence electrons. The smallest absolute Gasteiger partial charge is 0.307 e. The van der Waals surface area contributed by atoms with E-state index in [1.807, 2.05) is 36.5 Å². The summed E-state index contributed by atoms with van der Waals surface area (Å²) in [5.41, 5.74) is 3.70. The van der Waals surface area contributed by atoms with Crippen LogP contribution in [-0.4, -0.2) is 32.6 Å². The van der Waals surface area contributed by atoms with Crippen molar-refractivity contribution < 1.29 is 14.6 Å². The molecular weight excluding hydrogens is 374 g/mol. The molecule has 0 saturated heterocycles. The van der Waals surface area contributed by atoms with E-state index in [1.54, 1.807) is 23.7 Å². The average Bonchev–Trinajstić information content (AvgIpc) is 3.26. The van der Waals surface area contributed by atoms with E-state index in [1.165, 1.54) is 4.88 Å². The van der Waals surface area contributed by atoms with Crippen molar-refractivity contribution in [1.29, 1.82) is 0 Å². The zero-order valence-electron chi connectivity index (χ0n) is 15.3. The van der Waals surface area contributed by atoms with E-state index in [4.69, 9.17) is 14.8 Å². The molecule has 0 aliphatic carbocycles. The summed E-state index contributed by atoms with van der Waals surface area (Å²) in [6, 6.07) is 9.60. The second-order valence-electron chi connectivity index (χ2n) is 6.45. The van der Waals surface area contributed by atoms with Crippen LogP contribution in [-0.2, 0) is 17.6 Å². The normalized spacial score (nSPS) is 11.0. The monoisotopic (exact) mass is 393 g/mol. The van der Waals surface area contributed by atoms with Gasteiger partial charge in [-0.05, 0) is 42.8 Å². The van der Waals surface area contributed by atoms with Gasteiger partial charge in [-0.1, -0.05) is 0 Å². The fourth-order valence-corrected chi connectivity index (χ4v) is 4.04. The van der Waals surface area contributed by atoms with Crippen LogP contribution >= 0.6 is 11.3 Å². The van der Waals surface area contributed by atoms with Crippen molar-refractivity contribution >= 4 is 28.2 Å². The highest BCUT2D eigenvalue weighted by molar-refractivity contribution is 7.15. The Morgan fingerprint density at radius 3 is 3.00 bits per heavy atom. The summed E-state index contributed by atoms with van der Waals surface area (Å²) in [7, 11) is 0. The van der Waals surface area contributed by atoms with Crippen LogP contribution in [0, 0.1) is 6.92 Å². The maximum Gasteiger partial charge on any atom is 0.307 e. The van der Waals surface area contributed by atoms with Crippen LogP contribution in [0.3, 0.4) is 0 Å². The van der Waals surface area contributed by atoms with Crippen LogP contribution in [0.15, 0.2) is 48.9 Å². The summed E-state index contributed by atoms with van der Waals surface area (Å²) in [5.74, 6) is -0.130. The molecule has 6 nitrogen and oxygen atoms in total. The molecule has 4 rings (SSSR count). The molecule has 0 aliphatic heterocycles. The standard InChI is InChI=1S/C21H19N3O3S/c1-13-18(24-21(28-13)14-3-2-7-22-11-14)6-8-27-16-4-5-19-17(10-16)15(12-23-19)9-20(25)26/h2-5,7,10-12,23H,6,8-9H2,1H3,(H,25,26). The first-order chi connectivity index (χ1) is 13.6. The van der Waals surface area contributed by atoms with Crippen molar-refractivity contribution in [3.8, 4) is 16.3 Å². The van der Waals surface area contributed by atoms with Crippen LogP contribution in [0.4, 0.5) is 0 Å². The largest absolute Gasteiger partial charge is 0.493 e. The number of hydrogen-bond donors (Lipinski definition) is 2. The van der Waals surface area contributed by atoms with Crippen molar-refractivity contribution in [2.75, 3.05) is 6.61 Å². The minimum atomic E-state index is -0.851. The lowest BCUT2D eigenvalue weighted by atomic mass is 10.1. The van der Waals surface area contributed by atoms with Crippen LogP contribution in [0.5, 0.6) is 5.75 Å². The first kappa shape index (κ1) is 18.2. The number of carboxylic acid groups (broad SMARTS) is 1. The Balaban J connectivity index is 1.44. The van der Waals surface area contributed by atoms with Gasteiger partial charge in [0.25, 0.3) is 0 Å². The van der Waals surface area contributed by atoms with E-state index in [-0.39, 0.29) is 6.42 Å². The molecule has 2 N–H and O–H groups in total. The molecule has 0 amide bonds. The van der Waals surface area contributed by atoms with Gasteiger partial charge in [0.1, 0.15) is 10.8 Å². The van der Waals surface area contributed by atoms with Gasteiger partial charge in [0.2, 0.25) is 0 Å². The fourth-order valence-electron chi connectivity index (χ4n) is 3.09. The number of rotatable bonds is 7. The van der Waals surface area contributed by atoms with E-state index in [9.17, 15) is 4.79 Å². The summed E-state index contributed by atoms with van der Waals surface area (Å²) < 4.78 is 5.91. The van der Waals surface area contributed by atoms with Crippen molar-refractivity contribution in [1.82, 2.24) is 15.0 Å². The van der Waals surface area contributed by atoms with Gasteiger partial charge in [-0.3, -0.25) is 9.78 Å². The number of H-pyrrole nitrogens is 1. The summed E-state index contributed by atoms with van der Waals surface area (Å²) in [5, 5.41) is 10.9. The summed E-state index contributed by atoms with van der Waals surface area (Å²) in [6.45, 7) is 2.57. The number of aliphatic carboxylic acids is 1. The number of aromatic nitrogens is 3. The molecule has 1 aromatic carbocycles. The lowest BCUT2D eigenvalue weighted by molar-refractivity contribution is -0.136. The van der Waals surface area contributed by atoms with Crippen molar-refractivity contribution in [2.24, 2.45) is 0 Å². The number of pyridine rings is 1. The molecule has 0 saturated carbocycles. The number of aryl methyl sites for hydroxylation is 1. The van der Waals surface area contributed by atoms with Gasteiger partial charge in [0, 0.05) is 46.4 Å². The molecule has 28 heavy (non-hydrogen) atoms. The average molecular weight is 393 g/mol. The van der Waals surface area contributed by atoms with Gasteiger partial charge in [-0.25, -0.2) is 4.98 Å². The van der Waals surface area contributed by atoms with E-state index in [0.29, 0.717) is 13.0 Å². The zero-order chi connectivity index (χ0) is 19.5. The Morgan fingerprint density at radius 1 is 1.32 bits per heavy atom. The number of ether oxygens (including phenoxy) is 1. The number of nitrogens with one attached hydrogen (secondary N) is 1. The number of fused-ring (bicyclic) bond motifs is 1. The summed E-state index contributed by atoms with van der Waals surface area (Å²) in [4.78, 5) is 24.2. The maximum atomic E-state index is 11.0. The first-order valence-electron chi connectivity index (χ1n) is 8.91. The third-order valence-electron chi connectivity index (χ3n) is 4.49. The van der Waals surface area contributed by atoms with Crippen molar-refractivity contribution in [3.63, 3.8) is 0 Å². The van der Waals surface area contributed by atoms with Gasteiger partial charge >= 0.3 is 5.97 Å². The quantitative estimate of drug-likeness (QED) is 0.490. The predicted molar refractivity (Wildman–Crippen MR) is 109 cm³/mol. The molecule has 3 aromatic heterocycles. The SMILES string of the molecule is Cc1sc(-c2cccnc2)nc1CCOc1ccc2[nH]cc(CC(=O)O)c2c1. The molecule has 0 unspecified atom stereocenters. The number of carbonyl (C=O) groups is 1. The maximum absolute atomic E-state index is 11.0. The number of carboxylic acids is 1. The van der Waals surface area contributed by atoms with Crippen molar-refractivity contribution in [3.05, 3.63) is 65.1 Å². The molecule has 0 spiro atoms. The molecule has 0 fully saturated rings. The lowest BCUT2D eigenvalue weighted by Gasteiger charge is -2.06. The van der Waals surface area contributed by atoms with Gasteiger partial charge < -0.3 is 14.8 Å². The van der Waals surface area contributed by atoms with Gasteiger partial charge in [-0.2, -0.15) is 0 Å². The minimum Gasteiger partial charge on any atom is -0.493 e. The van der Waals surface area contributed by atoms with E-state index in [2.05, 4.69) is 16.9 Å². The van der Waals surface area contributed by atoms with Crippen LogP contribution in [0.25, 0.3) is 21.5 Å². The topological polar surface area (TPSA) is 88.1 Å². The number of thiazole rings is 1. The molecule has 3 heterocycles. The Bertz CT molecular complexity index is 1120. The molecular formula is C21H19N3O3S. The van der Waals surface area contributed by atoms with E-state index in [0.717, 1.165) is 38.5 Å². The number of hydrogen-bond acceptors (Lipinski definition) is 5. The molecule has 0 aliphatic rings. The van der Waals surface area contributed by atoms with Gasteiger partial charge in [-0.15, -0.1) is 11.3 Å². The summed E-state index contributed by atoms with van der Waals surface area (Å²) in [6.07, 6.45) is 6.00. The van der Waals surface area contributed by atoms with E-state index >= 15 is 0 Å². The molecule has 7 heteroatoms. The Labute approximate surface area is 165 Å². The zero-order valence-corrected chi connectivity index (χ0v) is 16.1. The second-order valence-corrected chi connectivity index (χ2v) is 7.66. The van der Waals surface area contributed by atoms with Crippen LogP contribution in [0.2, 0.25) is 0 Å². The Morgan fingerprint density at radius 2 is 2.21 bits per heavy atom. The lowest BCUT2D eigenvalue weighted by Crippen LogP contribution is -2.03. The van der Waals surface area contributed by atoms with Crippen LogP contribution in [0.1, 0.15) is 16.1 Å². The first-order valence-corrected chi connectivity index (χ1v) is 9.73. The third kappa shape index (κ3) is 3.89. The van der Waals surface area contributed by atoms with Crippen LogP contribution < -0.4 is 4.74 Å². The highest BCUT2D eigenvalue weighted by Gasteiger charge is 2.11. The number of benzene rings is 1. The molecule has 0 bridgehead atoms. The molecule has 0 radical (unpaired) electrons. The molecule has 0 atom stereocenters. The Hall–Kier alpha value is -3.19.